The van der Waals surface area contributed by atoms with Crippen LogP contribution in [0.15, 0.2) is 40.3 Å². The molecule has 0 aliphatic carbocycles. The van der Waals surface area contributed by atoms with Gasteiger partial charge in [-0.1, -0.05) is 30.0 Å². The summed E-state index contributed by atoms with van der Waals surface area (Å²) in [4.78, 5) is 32.4. The summed E-state index contributed by atoms with van der Waals surface area (Å²) in [5, 5.41) is 11.2. The number of thioether (sulfide) groups is 1. The molecular formula is C23H27N6O3S2+. The van der Waals surface area contributed by atoms with Crippen molar-refractivity contribution in [1.29, 1.82) is 0 Å². The van der Waals surface area contributed by atoms with Crippen molar-refractivity contribution in [3.05, 3.63) is 46.4 Å². The number of hydrogen-bond donors (Lipinski definition) is 3. The summed E-state index contributed by atoms with van der Waals surface area (Å²) < 4.78 is 8.90. The minimum Gasteiger partial charge on any atom is -0.370 e. The second-order valence-corrected chi connectivity index (χ2v) is 10.4. The molecule has 0 atom stereocenters. The van der Waals surface area contributed by atoms with Gasteiger partial charge in [-0.3, -0.25) is 19.3 Å². The van der Waals surface area contributed by atoms with Gasteiger partial charge in [0.2, 0.25) is 5.91 Å². The fraction of sp³-hybridized carbons (Fsp3) is 0.391. The first kappa shape index (κ1) is 23.0. The maximum Gasteiger partial charge on any atom is 0.272 e. The zero-order valence-corrected chi connectivity index (χ0v) is 20.6. The Morgan fingerprint density at radius 2 is 2.15 bits per heavy atom. The van der Waals surface area contributed by atoms with E-state index in [2.05, 4.69) is 15.5 Å². The van der Waals surface area contributed by atoms with Crippen molar-refractivity contribution in [2.24, 2.45) is 0 Å². The van der Waals surface area contributed by atoms with Gasteiger partial charge in [-0.15, -0.1) is 11.3 Å². The van der Waals surface area contributed by atoms with E-state index in [0.717, 1.165) is 55.0 Å². The predicted octanol–water partition coefficient (Wildman–Crippen LogP) is 1.68. The van der Waals surface area contributed by atoms with Crippen LogP contribution in [-0.2, 0) is 16.1 Å². The molecule has 1 aromatic carbocycles. The topological polar surface area (TPSA) is 106 Å². The van der Waals surface area contributed by atoms with Crippen LogP contribution in [0.2, 0.25) is 0 Å². The molecule has 1 fully saturated rings. The summed E-state index contributed by atoms with van der Waals surface area (Å²) in [6, 6.07) is 9.71. The summed E-state index contributed by atoms with van der Waals surface area (Å²) in [6.45, 7) is 6.99. The van der Waals surface area contributed by atoms with Crippen molar-refractivity contribution in [3.63, 3.8) is 0 Å². The van der Waals surface area contributed by atoms with Crippen LogP contribution in [-0.4, -0.2) is 64.3 Å². The number of benzene rings is 1. The molecule has 1 aliphatic heterocycles. The number of quaternary nitrogens is 1. The van der Waals surface area contributed by atoms with Crippen molar-refractivity contribution in [2.75, 3.05) is 43.9 Å². The second-order valence-electron chi connectivity index (χ2n) is 8.37. The van der Waals surface area contributed by atoms with Gasteiger partial charge < -0.3 is 15.0 Å². The molecule has 0 unspecified atom stereocenters. The van der Waals surface area contributed by atoms with Crippen LogP contribution in [0.4, 0.5) is 5.82 Å². The van der Waals surface area contributed by atoms with Gasteiger partial charge in [0.1, 0.15) is 17.8 Å². The molecule has 0 bridgehead atoms. The van der Waals surface area contributed by atoms with E-state index in [9.17, 15) is 9.59 Å². The minimum atomic E-state index is -0.190. The summed E-state index contributed by atoms with van der Waals surface area (Å²) in [7, 11) is 0. The Morgan fingerprint density at radius 1 is 1.32 bits per heavy atom. The maximum atomic E-state index is 13.5. The van der Waals surface area contributed by atoms with Gasteiger partial charge in [0.15, 0.2) is 11.0 Å². The number of morpholine rings is 1. The van der Waals surface area contributed by atoms with Crippen LogP contribution in [0, 0.1) is 6.92 Å². The molecule has 9 nitrogen and oxygen atoms in total. The van der Waals surface area contributed by atoms with Crippen LogP contribution in [0.3, 0.4) is 0 Å². The highest BCUT2D eigenvalue weighted by molar-refractivity contribution is 7.99. The molecule has 0 spiro atoms. The van der Waals surface area contributed by atoms with Gasteiger partial charge >= 0.3 is 0 Å². The lowest BCUT2D eigenvalue weighted by Crippen LogP contribution is -3.14. The number of thiophene rings is 1. The first-order chi connectivity index (χ1) is 16.6. The van der Waals surface area contributed by atoms with Gasteiger partial charge in [-0.25, -0.2) is 4.98 Å². The molecule has 0 radical (unpaired) electrons. The number of nitrogens with zero attached hydrogens (tertiary/aromatic N) is 3. The molecule has 4 heterocycles. The lowest BCUT2D eigenvalue weighted by Gasteiger charge is -2.23. The average molecular weight is 500 g/mol. The smallest absolute Gasteiger partial charge is 0.272 e. The molecule has 1 aliphatic rings. The van der Waals surface area contributed by atoms with E-state index in [0.29, 0.717) is 27.7 Å². The van der Waals surface area contributed by atoms with Crippen molar-refractivity contribution < 1.29 is 14.4 Å². The number of aromatic amines is 1. The Hall–Kier alpha value is -2.73. The number of aromatic nitrogens is 4. The fourth-order valence-corrected chi connectivity index (χ4v) is 6.06. The van der Waals surface area contributed by atoms with Crippen molar-refractivity contribution in [2.45, 2.75) is 25.0 Å². The third kappa shape index (κ3) is 5.02. The first-order valence-corrected chi connectivity index (χ1v) is 13.2. The molecule has 178 valence electrons. The van der Waals surface area contributed by atoms with Crippen molar-refractivity contribution in [3.8, 4) is 0 Å². The molecule has 1 saturated heterocycles. The van der Waals surface area contributed by atoms with Crippen LogP contribution in [0.1, 0.15) is 12.1 Å². The number of carbonyl (C=O) groups is 1. The molecule has 4 aromatic rings. The van der Waals surface area contributed by atoms with Crippen molar-refractivity contribution >= 4 is 55.1 Å². The number of fused-ring (bicyclic) bond motifs is 3. The lowest BCUT2D eigenvalue weighted by atomic mass is 10.2. The Morgan fingerprint density at radius 3 is 2.94 bits per heavy atom. The standard InChI is InChI=1S/C23H26N6O3S2/c1-15-13-18(27-26-15)24-19(30)14-33-23-25-20-16-5-2-3-6-17(16)34-21(20)22(31)29(23)8-4-7-28-9-11-32-12-10-28/h2-3,5-6,13H,4,7-12,14H2,1H3,(H2,24,26,27,30)/p+1. The van der Waals surface area contributed by atoms with Crippen molar-refractivity contribution in [1.82, 2.24) is 19.7 Å². The molecule has 34 heavy (non-hydrogen) atoms. The Labute approximate surface area is 204 Å². The first-order valence-electron chi connectivity index (χ1n) is 11.4. The Kier molecular flexibility index (Phi) is 6.95. The molecule has 3 N–H and O–H groups in total. The van der Waals surface area contributed by atoms with E-state index in [4.69, 9.17) is 9.72 Å². The molecule has 0 saturated carbocycles. The Balaban J connectivity index is 1.39. The minimum absolute atomic E-state index is 0.0333. The predicted molar refractivity (Wildman–Crippen MR) is 135 cm³/mol. The van der Waals surface area contributed by atoms with E-state index in [1.54, 1.807) is 10.6 Å². The number of carbonyl (C=O) groups excluding carboxylic acids is 1. The highest BCUT2D eigenvalue weighted by Gasteiger charge is 2.19. The number of nitrogens with one attached hydrogen (secondary N) is 3. The van der Waals surface area contributed by atoms with E-state index in [1.165, 1.54) is 28.0 Å². The summed E-state index contributed by atoms with van der Waals surface area (Å²) >= 11 is 2.77. The fourth-order valence-electron chi connectivity index (χ4n) is 4.15. The molecular weight excluding hydrogens is 472 g/mol. The SMILES string of the molecule is Cc1cc(NC(=O)CSc2nc3c(sc4ccccc43)c(=O)n2CCC[NH+]2CCOCC2)n[nH]1. The van der Waals surface area contributed by atoms with Crippen LogP contribution < -0.4 is 15.8 Å². The number of rotatable bonds is 8. The number of amides is 1. The van der Waals surface area contributed by atoms with Gasteiger partial charge in [0, 0.05) is 34.8 Å². The molecule has 1 amide bonds. The van der Waals surface area contributed by atoms with Gasteiger partial charge in [-0.05, 0) is 13.0 Å². The van der Waals surface area contributed by atoms with E-state index in [1.807, 2.05) is 31.2 Å². The number of H-pyrrole nitrogens is 1. The quantitative estimate of drug-likeness (QED) is 0.252. The average Bonchev–Trinajstić information content (AvgIpc) is 3.43. The third-order valence-electron chi connectivity index (χ3n) is 5.86. The number of aryl methyl sites for hydroxylation is 1. The lowest BCUT2D eigenvalue weighted by molar-refractivity contribution is -0.908. The van der Waals surface area contributed by atoms with E-state index < -0.39 is 0 Å². The van der Waals surface area contributed by atoms with E-state index >= 15 is 0 Å². The van der Waals surface area contributed by atoms with Gasteiger partial charge in [-0.2, -0.15) is 5.10 Å². The van der Waals surface area contributed by atoms with Gasteiger partial charge in [0.05, 0.1) is 31.0 Å². The summed E-state index contributed by atoms with van der Waals surface area (Å²) in [6.07, 6.45) is 0.861. The van der Waals surface area contributed by atoms with Gasteiger partial charge in [0.25, 0.3) is 5.56 Å². The highest BCUT2D eigenvalue weighted by Crippen LogP contribution is 2.31. The number of hydrogen-bond acceptors (Lipinski definition) is 7. The van der Waals surface area contributed by atoms with Crippen LogP contribution >= 0.6 is 23.1 Å². The van der Waals surface area contributed by atoms with E-state index in [-0.39, 0.29) is 17.2 Å². The monoisotopic (exact) mass is 499 g/mol. The Bertz CT molecular complexity index is 1370. The normalized spacial score (nSPS) is 14.7. The summed E-state index contributed by atoms with van der Waals surface area (Å²) in [5.74, 6) is 0.437. The van der Waals surface area contributed by atoms with Crippen LogP contribution in [0.25, 0.3) is 20.3 Å². The highest BCUT2D eigenvalue weighted by atomic mass is 32.2. The molecule has 11 heteroatoms. The summed E-state index contributed by atoms with van der Waals surface area (Å²) in [5.41, 5.74) is 1.55. The third-order valence-corrected chi connectivity index (χ3v) is 7.99. The van der Waals surface area contributed by atoms with Crippen LogP contribution in [0.5, 0.6) is 0 Å². The zero-order chi connectivity index (χ0) is 23.5. The maximum absolute atomic E-state index is 13.5. The largest absolute Gasteiger partial charge is 0.370 e. The number of ether oxygens (including phenoxy) is 1. The zero-order valence-electron chi connectivity index (χ0n) is 18.9. The second kappa shape index (κ2) is 10.3. The number of anilines is 1. The molecule has 5 rings (SSSR count). The molecule has 3 aromatic heterocycles.